The van der Waals surface area contributed by atoms with Gasteiger partial charge >= 0.3 is 5.97 Å². The molecular weight excluding hydrogens is 426 g/mol. The van der Waals surface area contributed by atoms with Crippen LogP contribution in [-0.2, 0) is 25.6 Å². The van der Waals surface area contributed by atoms with Gasteiger partial charge in [0, 0.05) is 18.1 Å². The van der Waals surface area contributed by atoms with Gasteiger partial charge in [-0.15, -0.1) is 0 Å². The minimum absolute atomic E-state index is 0.0539. The minimum atomic E-state index is -0.846. The topological polar surface area (TPSA) is 87.9 Å². The van der Waals surface area contributed by atoms with Crippen LogP contribution in [0.15, 0.2) is 48.5 Å². The van der Waals surface area contributed by atoms with Crippen LogP contribution in [0, 0.1) is 5.92 Å². The minimum Gasteiger partial charge on any atom is -0.468 e. The van der Waals surface area contributed by atoms with E-state index in [2.05, 4.69) is 0 Å². The molecule has 172 valence electrons. The summed E-state index contributed by atoms with van der Waals surface area (Å²) >= 11 is 1.39. The Morgan fingerprint density at radius 1 is 1.19 bits per heavy atom. The molecule has 2 aromatic rings. The van der Waals surface area contributed by atoms with Gasteiger partial charge < -0.3 is 19.9 Å². The summed E-state index contributed by atoms with van der Waals surface area (Å²) in [5.74, 6) is -0.152. The molecule has 0 aromatic heterocycles. The van der Waals surface area contributed by atoms with Crippen molar-refractivity contribution in [2.24, 2.45) is 11.7 Å². The lowest BCUT2D eigenvalue weighted by Crippen LogP contribution is -2.36. The standard InChI is InChI=1S/C25H31NO5S/c1-29-25(28)21(26)13-22(32-2)24(27)20-10-6-9-19(16-31-15-17-11-12-30-14-17)23(20)18-7-4-3-5-8-18/h3-10,17,21-22H,11-16,26H2,1-2H3/t17?,21-,22?/m0/s1. The molecule has 32 heavy (non-hydrogen) atoms. The zero-order chi connectivity index (χ0) is 22.9. The average Bonchev–Trinajstić information content (AvgIpc) is 3.35. The van der Waals surface area contributed by atoms with Crippen LogP contribution in [0.4, 0.5) is 0 Å². The van der Waals surface area contributed by atoms with E-state index in [4.69, 9.17) is 19.9 Å². The predicted molar refractivity (Wildman–Crippen MR) is 127 cm³/mol. The number of Topliss-reactive ketones (excluding diaryl/α,β-unsaturated/α-hetero) is 1. The molecule has 0 bridgehead atoms. The summed E-state index contributed by atoms with van der Waals surface area (Å²) < 4.78 is 16.2. The Kier molecular flexibility index (Phi) is 9.29. The third-order valence-corrected chi connectivity index (χ3v) is 6.64. The molecule has 0 amide bonds. The van der Waals surface area contributed by atoms with Crippen molar-refractivity contribution >= 4 is 23.5 Å². The van der Waals surface area contributed by atoms with Crippen molar-refractivity contribution in [1.29, 1.82) is 0 Å². The lowest BCUT2D eigenvalue weighted by molar-refractivity contribution is -0.142. The lowest BCUT2D eigenvalue weighted by atomic mass is 9.90. The molecular formula is C25H31NO5S. The highest BCUT2D eigenvalue weighted by Crippen LogP contribution is 2.32. The van der Waals surface area contributed by atoms with Crippen molar-refractivity contribution in [2.45, 2.75) is 30.7 Å². The van der Waals surface area contributed by atoms with Crippen molar-refractivity contribution in [1.82, 2.24) is 0 Å². The number of rotatable bonds is 11. The zero-order valence-corrected chi connectivity index (χ0v) is 19.4. The second-order valence-corrected chi connectivity index (χ2v) is 8.94. The van der Waals surface area contributed by atoms with Crippen LogP contribution < -0.4 is 5.73 Å². The highest BCUT2D eigenvalue weighted by atomic mass is 32.2. The number of hydrogen-bond donors (Lipinski definition) is 1. The van der Waals surface area contributed by atoms with Crippen LogP contribution in [0.1, 0.15) is 28.8 Å². The van der Waals surface area contributed by atoms with E-state index in [1.807, 2.05) is 54.8 Å². The maximum atomic E-state index is 13.6. The van der Waals surface area contributed by atoms with Crippen LogP contribution in [0.3, 0.4) is 0 Å². The van der Waals surface area contributed by atoms with Crippen LogP contribution in [0.5, 0.6) is 0 Å². The number of ketones is 1. The van der Waals surface area contributed by atoms with Crippen LogP contribution in [0.2, 0.25) is 0 Å². The fourth-order valence-electron chi connectivity index (χ4n) is 3.88. The summed E-state index contributed by atoms with van der Waals surface area (Å²) in [5, 5.41) is -0.460. The first-order valence-electron chi connectivity index (χ1n) is 10.8. The molecule has 1 heterocycles. The van der Waals surface area contributed by atoms with Crippen molar-refractivity contribution in [3.8, 4) is 11.1 Å². The van der Waals surface area contributed by atoms with Gasteiger partial charge in [0.1, 0.15) is 6.04 Å². The van der Waals surface area contributed by atoms with E-state index in [0.717, 1.165) is 36.3 Å². The Morgan fingerprint density at radius 2 is 1.97 bits per heavy atom. The zero-order valence-electron chi connectivity index (χ0n) is 18.6. The van der Waals surface area contributed by atoms with Crippen molar-refractivity contribution in [2.75, 3.05) is 33.2 Å². The predicted octanol–water partition coefficient (Wildman–Crippen LogP) is 3.71. The maximum absolute atomic E-state index is 13.6. The van der Waals surface area contributed by atoms with Crippen molar-refractivity contribution < 1.29 is 23.8 Å². The Balaban J connectivity index is 1.88. The van der Waals surface area contributed by atoms with Gasteiger partial charge in [0.2, 0.25) is 0 Å². The largest absolute Gasteiger partial charge is 0.468 e. The number of carbonyl (C=O) groups is 2. The number of esters is 1. The summed E-state index contributed by atoms with van der Waals surface area (Å²) in [6.45, 7) is 2.57. The van der Waals surface area contributed by atoms with Gasteiger partial charge in [-0.25, -0.2) is 0 Å². The monoisotopic (exact) mass is 457 g/mol. The third-order valence-electron chi connectivity index (χ3n) is 5.66. The van der Waals surface area contributed by atoms with Crippen LogP contribution in [0.25, 0.3) is 11.1 Å². The first-order chi connectivity index (χ1) is 15.5. The van der Waals surface area contributed by atoms with E-state index in [1.54, 1.807) is 0 Å². The highest BCUT2D eigenvalue weighted by Gasteiger charge is 2.28. The van der Waals surface area contributed by atoms with Gasteiger partial charge in [-0.3, -0.25) is 9.59 Å². The highest BCUT2D eigenvalue weighted by molar-refractivity contribution is 7.99. The Morgan fingerprint density at radius 3 is 2.62 bits per heavy atom. The third kappa shape index (κ3) is 6.19. The summed E-state index contributed by atoms with van der Waals surface area (Å²) in [6, 6.07) is 14.7. The van der Waals surface area contributed by atoms with E-state index in [1.165, 1.54) is 18.9 Å². The molecule has 1 fully saturated rings. The molecule has 0 aliphatic carbocycles. The molecule has 1 aliphatic heterocycles. The van der Waals surface area contributed by atoms with Crippen molar-refractivity contribution in [3.63, 3.8) is 0 Å². The molecule has 3 rings (SSSR count). The number of methoxy groups -OCH3 is 1. The molecule has 6 nitrogen and oxygen atoms in total. The Bertz CT molecular complexity index is 898. The van der Waals surface area contributed by atoms with Gasteiger partial charge in [-0.1, -0.05) is 48.5 Å². The molecule has 7 heteroatoms. The molecule has 3 atom stereocenters. The van der Waals surface area contributed by atoms with E-state index < -0.39 is 17.3 Å². The molecule has 0 radical (unpaired) electrons. The quantitative estimate of drug-likeness (QED) is 0.406. The second kappa shape index (κ2) is 12.2. The molecule has 0 spiro atoms. The van der Waals surface area contributed by atoms with E-state index >= 15 is 0 Å². The van der Waals surface area contributed by atoms with Gasteiger partial charge in [0.15, 0.2) is 5.78 Å². The lowest BCUT2D eigenvalue weighted by Gasteiger charge is -2.20. The molecule has 2 aromatic carbocycles. The number of benzene rings is 2. The molecule has 2 unspecified atom stereocenters. The van der Waals surface area contributed by atoms with E-state index in [0.29, 0.717) is 24.7 Å². The number of hydrogen-bond acceptors (Lipinski definition) is 7. The average molecular weight is 458 g/mol. The van der Waals surface area contributed by atoms with Crippen molar-refractivity contribution in [3.05, 3.63) is 59.7 Å². The van der Waals surface area contributed by atoms with Crippen LogP contribution in [-0.4, -0.2) is 56.2 Å². The van der Waals surface area contributed by atoms with Gasteiger partial charge in [-0.05, 0) is 35.8 Å². The SMILES string of the molecule is COC(=O)[C@@H](N)CC(SC)C(=O)c1cccc(COCC2CCOC2)c1-c1ccccc1. The first-order valence-corrected chi connectivity index (χ1v) is 12.1. The Hall–Kier alpha value is -2.19. The molecule has 1 aliphatic rings. The summed E-state index contributed by atoms with van der Waals surface area (Å²) in [5.41, 5.74) is 9.34. The maximum Gasteiger partial charge on any atom is 0.322 e. The van der Waals surface area contributed by atoms with Gasteiger partial charge in [0.25, 0.3) is 0 Å². The molecule has 2 N–H and O–H groups in total. The normalized spacial score (nSPS) is 17.7. The van der Waals surface area contributed by atoms with E-state index in [-0.39, 0.29) is 12.2 Å². The summed E-state index contributed by atoms with van der Waals surface area (Å²) in [7, 11) is 1.30. The summed E-state index contributed by atoms with van der Waals surface area (Å²) in [6.07, 6.45) is 3.08. The smallest absolute Gasteiger partial charge is 0.322 e. The number of thioether (sulfide) groups is 1. The fraction of sp³-hybridized carbons (Fsp3) is 0.440. The Labute approximate surface area is 193 Å². The molecule has 1 saturated heterocycles. The summed E-state index contributed by atoms with van der Waals surface area (Å²) in [4.78, 5) is 25.4. The second-order valence-electron chi connectivity index (χ2n) is 7.90. The molecule has 0 saturated carbocycles. The fourth-order valence-corrected chi connectivity index (χ4v) is 4.62. The first kappa shape index (κ1) is 24.5. The van der Waals surface area contributed by atoms with Gasteiger partial charge in [0.05, 0.1) is 32.2 Å². The van der Waals surface area contributed by atoms with Gasteiger partial charge in [-0.2, -0.15) is 11.8 Å². The van der Waals surface area contributed by atoms with Crippen LogP contribution >= 0.6 is 11.8 Å². The number of nitrogens with two attached hydrogens (primary N) is 1. The van der Waals surface area contributed by atoms with E-state index in [9.17, 15) is 9.59 Å². The number of ether oxygens (including phenoxy) is 3. The number of carbonyl (C=O) groups excluding carboxylic acids is 2.